The topological polar surface area (TPSA) is 83.5 Å². The molecule has 0 unspecified atom stereocenters. The van der Waals surface area contributed by atoms with Crippen LogP contribution in [0.4, 0.5) is 0 Å². The van der Waals surface area contributed by atoms with Crippen LogP contribution in [0, 0.1) is 11.8 Å². The lowest BCUT2D eigenvalue weighted by Gasteiger charge is -2.18. The van der Waals surface area contributed by atoms with Gasteiger partial charge in [-0.25, -0.2) is 13.1 Å². The highest BCUT2D eigenvalue weighted by molar-refractivity contribution is 7.89. The van der Waals surface area contributed by atoms with Crippen LogP contribution >= 0.6 is 0 Å². The Morgan fingerprint density at radius 1 is 1.33 bits per heavy atom. The molecule has 106 valence electrons. The second-order valence-corrected chi connectivity index (χ2v) is 7.31. The average Bonchev–Trinajstić information content (AvgIpc) is 2.75. The van der Waals surface area contributed by atoms with Gasteiger partial charge in [0.25, 0.3) is 0 Å². The Morgan fingerprint density at radius 2 is 1.89 bits per heavy atom. The highest BCUT2D eigenvalue weighted by atomic mass is 32.2. The molecule has 0 aromatic rings. The molecular weight excluding hydrogens is 254 g/mol. The number of hydrogen-bond donors (Lipinski definition) is 2. The Kier molecular flexibility index (Phi) is 5.59. The van der Waals surface area contributed by atoms with Crippen molar-refractivity contribution in [2.45, 2.75) is 52.0 Å². The van der Waals surface area contributed by atoms with Gasteiger partial charge in [0.1, 0.15) is 6.04 Å². The van der Waals surface area contributed by atoms with Crippen molar-refractivity contribution in [2.24, 2.45) is 11.8 Å². The third-order valence-corrected chi connectivity index (χ3v) is 4.90. The fraction of sp³-hybridized carbons (Fsp3) is 0.917. The summed E-state index contributed by atoms with van der Waals surface area (Å²) < 4.78 is 26.0. The molecule has 0 heterocycles. The van der Waals surface area contributed by atoms with Gasteiger partial charge in [0.05, 0.1) is 5.75 Å². The molecule has 1 rings (SSSR count). The Labute approximate surface area is 109 Å². The van der Waals surface area contributed by atoms with Crippen molar-refractivity contribution in [3.8, 4) is 0 Å². The van der Waals surface area contributed by atoms with Crippen molar-refractivity contribution in [3.63, 3.8) is 0 Å². The zero-order valence-corrected chi connectivity index (χ0v) is 11.9. The highest BCUT2D eigenvalue weighted by Gasteiger charge is 2.27. The average molecular weight is 277 g/mol. The Morgan fingerprint density at radius 3 is 2.33 bits per heavy atom. The maximum atomic E-state index is 11.8. The van der Waals surface area contributed by atoms with Gasteiger partial charge in [-0.2, -0.15) is 0 Å². The minimum Gasteiger partial charge on any atom is -0.480 e. The molecule has 1 fully saturated rings. The first-order chi connectivity index (χ1) is 8.32. The van der Waals surface area contributed by atoms with E-state index >= 15 is 0 Å². The number of rotatable bonds is 7. The number of aliphatic carboxylic acids is 1. The monoisotopic (exact) mass is 277 g/mol. The first-order valence-corrected chi connectivity index (χ1v) is 8.20. The third kappa shape index (κ3) is 4.94. The molecular formula is C12H23NO4S. The Bertz CT molecular complexity index is 372. The smallest absolute Gasteiger partial charge is 0.321 e. The molecule has 6 heteroatoms. The van der Waals surface area contributed by atoms with E-state index in [9.17, 15) is 13.2 Å². The molecule has 18 heavy (non-hydrogen) atoms. The quantitative estimate of drug-likeness (QED) is 0.740. The van der Waals surface area contributed by atoms with Crippen molar-refractivity contribution in [2.75, 3.05) is 5.75 Å². The molecule has 0 spiro atoms. The van der Waals surface area contributed by atoms with E-state index < -0.39 is 22.0 Å². The van der Waals surface area contributed by atoms with Gasteiger partial charge in [0.15, 0.2) is 0 Å². The van der Waals surface area contributed by atoms with Crippen molar-refractivity contribution < 1.29 is 18.3 Å². The first-order valence-electron chi connectivity index (χ1n) is 6.54. The maximum absolute atomic E-state index is 11.8. The molecule has 0 radical (unpaired) electrons. The number of carboxylic acid groups (broad SMARTS) is 1. The predicted octanol–water partition coefficient (Wildman–Crippen LogP) is 1.60. The molecule has 1 aliphatic carbocycles. The fourth-order valence-electron chi connectivity index (χ4n) is 2.34. The summed E-state index contributed by atoms with van der Waals surface area (Å²) in [4.78, 5) is 11.0. The fourth-order valence-corrected chi connectivity index (χ4v) is 3.87. The molecule has 0 amide bonds. The summed E-state index contributed by atoms with van der Waals surface area (Å²) in [5.41, 5.74) is 0. The van der Waals surface area contributed by atoms with Crippen LogP contribution in [0.25, 0.3) is 0 Å². The van der Waals surface area contributed by atoms with Gasteiger partial charge in [-0.3, -0.25) is 4.79 Å². The van der Waals surface area contributed by atoms with E-state index in [2.05, 4.69) is 4.72 Å². The molecule has 0 aromatic carbocycles. The van der Waals surface area contributed by atoms with Gasteiger partial charge < -0.3 is 5.11 Å². The van der Waals surface area contributed by atoms with Crippen LogP contribution in [0.15, 0.2) is 0 Å². The van der Waals surface area contributed by atoms with Crippen LogP contribution < -0.4 is 4.72 Å². The summed E-state index contributed by atoms with van der Waals surface area (Å²) >= 11 is 0. The second-order valence-electron chi connectivity index (χ2n) is 5.44. The van der Waals surface area contributed by atoms with Crippen molar-refractivity contribution >= 4 is 16.0 Å². The van der Waals surface area contributed by atoms with Gasteiger partial charge in [-0.1, -0.05) is 39.5 Å². The molecule has 0 aromatic heterocycles. The van der Waals surface area contributed by atoms with Crippen LogP contribution in [0.1, 0.15) is 46.0 Å². The lowest BCUT2D eigenvalue weighted by atomic mass is 10.1. The zero-order valence-electron chi connectivity index (χ0n) is 11.1. The molecule has 0 bridgehead atoms. The lowest BCUT2D eigenvalue weighted by Crippen LogP contribution is -2.45. The highest BCUT2D eigenvalue weighted by Crippen LogP contribution is 2.27. The summed E-state index contributed by atoms with van der Waals surface area (Å²) in [6.07, 6.45) is 5.20. The van der Waals surface area contributed by atoms with Gasteiger partial charge in [0, 0.05) is 0 Å². The molecule has 0 saturated heterocycles. The molecule has 1 saturated carbocycles. The summed E-state index contributed by atoms with van der Waals surface area (Å²) in [6, 6.07) is -1.03. The minimum atomic E-state index is -3.49. The number of hydrogen-bond acceptors (Lipinski definition) is 3. The molecule has 1 aliphatic rings. The van der Waals surface area contributed by atoms with E-state index in [0.29, 0.717) is 12.3 Å². The third-order valence-electron chi connectivity index (χ3n) is 3.51. The van der Waals surface area contributed by atoms with E-state index in [0.717, 1.165) is 12.8 Å². The van der Waals surface area contributed by atoms with Crippen molar-refractivity contribution in [1.82, 2.24) is 4.72 Å². The van der Waals surface area contributed by atoms with Gasteiger partial charge in [-0.15, -0.1) is 0 Å². The van der Waals surface area contributed by atoms with E-state index in [-0.39, 0.29) is 11.7 Å². The number of carbonyl (C=O) groups is 1. The summed E-state index contributed by atoms with van der Waals surface area (Å²) in [5.74, 6) is -0.851. The Balaban J connectivity index is 2.49. The van der Waals surface area contributed by atoms with E-state index in [1.54, 1.807) is 13.8 Å². The normalized spacial score (nSPS) is 19.3. The van der Waals surface area contributed by atoms with Gasteiger partial charge >= 0.3 is 5.97 Å². The summed E-state index contributed by atoms with van der Waals surface area (Å²) in [5, 5.41) is 8.96. The molecule has 5 nitrogen and oxygen atoms in total. The molecule has 0 aliphatic heterocycles. The van der Waals surface area contributed by atoms with E-state index in [1.165, 1.54) is 12.8 Å². The van der Waals surface area contributed by atoms with Crippen LogP contribution in [0.2, 0.25) is 0 Å². The lowest BCUT2D eigenvalue weighted by molar-refractivity contribution is -0.140. The molecule has 2 N–H and O–H groups in total. The van der Waals surface area contributed by atoms with E-state index in [1.807, 2.05) is 0 Å². The van der Waals surface area contributed by atoms with Crippen LogP contribution in [-0.4, -0.2) is 31.3 Å². The maximum Gasteiger partial charge on any atom is 0.321 e. The largest absolute Gasteiger partial charge is 0.480 e. The summed E-state index contributed by atoms with van der Waals surface area (Å²) in [6.45, 7) is 3.39. The molecule has 1 atom stereocenters. The zero-order chi connectivity index (χ0) is 13.8. The number of sulfonamides is 1. The van der Waals surface area contributed by atoms with Crippen molar-refractivity contribution in [3.05, 3.63) is 0 Å². The van der Waals surface area contributed by atoms with Gasteiger partial charge in [-0.05, 0) is 18.3 Å². The first kappa shape index (κ1) is 15.4. The SMILES string of the molecule is CC(C)[C@@H](NS(=O)(=O)CCC1CCCC1)C(=O)O. The van der Waals surface area contributed by atoms with Crippen LogP contribution in [-0.2, 0) is 14.8 Å². The van der Waals surface area contributed by atoms with Crippen LogP contribution in [0.5, 0.6) is 0 Å². The number of carboxylic acids is 1. The predicted molar refractivity (Wildman–Crippen MR) is 69.8 cm³/mol. The summed E-state index contributed by atoms with van der Waals surface area (Å²) in [7, 11) is -3.49. The van der Waals surface area contributed by atoms with E-state index in [4.69, 9.17) is 5.11 Å². The minimum absolute atomic E-state index is 0.0359. The second kappa shape index (κ2) is 6.52. The van der Waals surface area contributed by atoms with Crippen molar-refractivity contribution in [1.29, 1.82) is 0 Å². The Hall–Kier alpha value is -0.620. The number of nitrogens with one attached hydrogen (secondary N) is 1. The van der Waals surface area contributed by atoms with Gasteiger partial charge in [0.2, 0.25) is 10.0 Å². The standard InChI is InChI=1S/C12H23NO4S/c1-9(2)11(12(14)15)13-18(16,17)8-7-10-5-3-4-6-10/h9-11,13H,3-8H2,1-2H3,(H,14,15)/t11-/m1/s1. The van der Waals surface area contributed by atoms with Crippen LogP contribution in [0.3, 0.4) is 0 Å².